The number of nitrogens with zero attached hydrogens (tertiary/aromatic N) is 2. The largest absolute Gasteiger partial charge is 0.362 e. The molecule has 0 saturated carbocycles. The number of thioether (sulfide) groups is 1. The summed E-state index contributed by atoms with van der Waals surface area (Å²) in [5.74, 6) is 1.88. The summed E-state index contributed by atoms with van der Waals surface area (Å²) in [5.41, 5.74) is 0. The van der Waals surface area contributed by atoms with Crippen molar-refractivity contribution >= 4 is 28.3 Å². The van der Waals surface area contributed by atoms with Crippen molar-refractivity contribution in [3.8, 4) is 0 Å². The molecule has 2 heterocycles. The van der Waals surface area contributed by atoms with E-state index in [1.54, 1.807) is 11.3 Å². The lowest BCUT2D eigenvalue weighted by Gasteiger charge is -2.28. The number of thiazole rings is 1. The van der Waals surface area contributed by atoms with Crippen LogP contribution in [0.15, 0.2) is 11.2 Å². The van der Waals surface area contributed by atoms with Crippen LogP contribution in [-0.2, 0) is 6.54 Å². The van der Waals surface area contributed by atoms with E-state index in [2.05, 4.69) is 29.1 Å². The Kier molecular flexibility index (Phi) is 3.86. The SMILES string of the molecule is Cc1ncc(CN=C2NC(C)C(C)CS2)s1. The maximum absolute atomic E-state index is 4.59. The second-order valence-electron chi connectivity index (χ2n) is 4.19. The zero-order valence-corrected chi connectivity index (χ0v) is 11.5. The van der Waals surface area contributed by atoms with Gasteiger partial charge in [-0.25, -0.2) is 4.98 Å². The van der Waals surface area contributed by atoms with Gasteiger partial charge in [0.25, 0.3) is 0 Å². The van der Waals surface area contributed by atoms with Crippen molar-refractivity contribution in [2.45, 2.75) is 33.4 Å². The number of aromatic nitrogens is 1. The van der Waals surface area contributed by atoms with Crippen molar-refractivity contribution < 1.29 is 0 Å². The van der Waals surface area contributed by atoms with E-state index in [9.17, 15) is 0 Å². The Morgan fingerprint density at radius 3 is 3.00 bits per heavy atom. The normalized spacial score (nSPS) is 28.1. The van der Waals surface area contributed by atoms with Crippen LogP contribution in [0.2, 0.25) is 0 Å². The molecule has 0 aliphatic carbocycles. The molecule has 1 fully saturated rings. The summed E-state index contributed by atoms with van der Waals surface area (Å²) in [6.07, 6.45) is 1.92. The standard InChI is InChI=1S/C11H17N3S2/c1-7-6-15-11(14-8(7)2)13-5-10-4-12-9(3)16-10/h4,7-8H,5-6H2,1-3H3,(H,13,14). The summed E-state index contributed by atoms with van der Waals surface area (Å²) in [5, 5.41) is 5.63. The lowest BCUT2D eigenvalue weighted by molar-refractivity contribution is 0.490. The highest BCUT2D eigenvalue weighted by molar-refractivity contribution is 8.13. The molecular formula is C11H17N3S2. The summed E-state index contributed by atoms with van der Waals surface area (Å²) < 4.78 is 0. The van der Waals surface area contributed by atoms with E-state index in [1.807, 2.05) is 24.9 Å². The molecular weight excluding hydrogens is 238 g/mol. The number of hydrogen-bond donors (Lipinski definition) is 1. The maximum atomic E-state index is 4.59. The van der Waals surface area contributed by atoms with Crippen molar-refractivity contribution in [2.75, 3.05) is 5.75 Å². The third kappa shape index (κ3) is 2.98. The Balaban J connectivity index is 1.93. The van der Waals surface area contributed by atoms with Crippen LogP contribution < -0.4 is 5.32 Å². The first-order chi connectivity index (χ1) is 7.65. The quantitative estimate of drug-likeness (QED) is 0.883. The van der Waals surface area contributed by atoms with Gasteiger partial charge in [0.2, 0.25) is 0 Å². The average molecular weight is 255 g/mol. The van der Waals surface area contributed by atoms with E-state index in [0.717, 1.165) is 28.4 Å². The van der Waals surface area contributed by atoms with Crippen molar-refractivity contribution in [1.82, 2.24) is 10.3 Å². The highest BCUT2D eigenvalue weighted by Crippen LogP contribution is 2.20. The first kappa shape index (κ1) is 11.9. The van der Waals surface area contributed by atoms with Crippen LogP contribution in [-0.4, -0.2) is 21.9 Å². The second kappa shape index (κ2) is 5.19. The molecule has 0 amide bonds. The molecule has 0 bridgehead atoms. The molecule has 1 N–H and O–H groups in total. The summed E-state index contributed by atoms with van der Waals surface area (Å²) in [4.78, 5) is 10.1. The summed E-state index contributed by atoms with van der Waals surface area (Å²) in [6.45, 7) is 7.27. The van der Waals surface area contributed by atoms with Crippen LogP contribution in [0.5, 0.6) is 0 Å². The minimum Gasteiger partial charge on any atom is -0.362 e. The Labute approximate surface area is 105 Å². The first-order valence-electron chi connectivity index (χ1n) is 5.50. The number of hydrogen-bond acceptors (Lipinski definition) is 4. The Hall–Kier alpha value is -0.550. The minimum absolute atomic E-state index is 0.531. The molecule has 2 atom stereocenters. The minimum atomic E-state index is 0.531. The van der Waals surface area contributed by atoms with Gasteiger partial charge in [-0.15, -0.1) is 11.3 Å². The fourth-order valence-corrected chi connectivity index (χ4v) is 3.31. The summed E-state index contributed by atoms with van der Waals surface area (Å²) in [7, 11) is 0. The zero-order chi connectivity index (χ0) is 11.5. The van der Waals surface area contributed by atoms with Crippen LogP contribution in [0.4, 0.5) is 0 Å². The van der Waals surface area contributed by atoms with Gasteiger partial charge in [0, 0.05) is 22.9 Å². The van der Waals surface area contributed by atoms with Crippen LogP contribution in [0.1, 0.15) is 23.7 Å². The predicted molar refractivity (Wildman–Crippen MR) is 72.2 cm³/mol. The van der Waals surface area contributed by atoms with Crippen LogP contribution in [0, 0.1) is 12.8 Å². The Morgan fingerprint density at radius 1 is 1.56 bits per heavy atom. The van der Waals surface area contributed by atoms with E-state index in [-0.39, 0.29) is 0 Å². The summed E-state index contributed by atoms with van der Waals surface area (Å²) >= 11 is 3.55. The summed E-state index contributed by atoms with van der Waals surface area (Å²) in [6, 6.07) is 0.531. The second-order valence-corrected chi connectivity index (χ2v) is 6.52. The zero-order valence-electron chi connectivity index (χ0n) is 9.86. The molecule has 16 heavy (non-hydrogen) atoms. The van der Waals surface area contributed by atoms with Gasteiger partial charge in [-0.2, -0.15) is 0 Å². The molecule has 1 aliphatic rings. The van der Waals surface area contributed by atoms with Crippen LogP contribution in [0.25, 0.3) is 0 Å². The Bertz CT molecular complexity index is 386. The third-order valence-electron chi connectivity index (χ3n) is 2.74. The maximum Gasteiger partial charge on any atom is 0.157 e. The average Bonchev–Trinajstić information content (AvgIpc) is 2.66. The third-order valence-corrected chi connectivity index (χ3v) is 4.85. The molecule has 1 aliphatic heterocycles. The molecule has 1 saturated heterocycles. The van der Waals surface area contributed by atoms with Gasteiger partial charge in [-0.1, -0.05) is 18.7 Å². The first-order valence-corrected chi connectivity index (χ1v) is 7.30. The molecule has 3 nitrogen and oxygen atoms in total. The molecule has 88 valence electrons. The lowest BCUT2D eigenvalue weighted by Crippen LogP contribution is -2.41. The molecule has 2 unspecified atom stereocenters. The van der Waals surface area contributed by atoms with Crippen molar-refractivity contribution in [3.63, 3.8) is 0 Å². The molecule has 0 aromatic carbocycles. The van der Waals surface area contributed by atoms with Crippen molar-refractivity contribution in [3.05, 3.63) is 16.1 Å². The molecule has 0 radical (unpaired) electrons. The van der Waals surface area contributed by atoms with E-state index < -0.39 is 0 Å². The van der Waals surface area contributed by atoms with Gasteiger partial charge in [-0.05, 0) is 19.8 Å². The number of aryl methyl sites for hydroxylation is 1. The number of rotatable bonds is 2. The van der Waals surface area contributed by atoms with Gasteiger partial charge in [0.05, 0.1) is 11.6 Å². The van der Waals surface area contributed by atoms with Crippen LogP contribution >= 0.6 is 23.1 Å². The van der Waals surface area contributed by atoms with Crippen LogP contribution in [0.3, 0.4) is 0 Å². The molecule has 5 heteroatoms. The van der Waals surface area contributed by atoms with Gasteiger partial charge >= 0.3 is 0 Å². The highest BCUT2D eigenvalue weighted by Gasteiger charge is 2.20. The number of aliphatic imine (C=N–C) groups is 1. The van der Waals surface area contributed by atoms with Gasteiger partial charge in [-0.3, -0.25) is 4.99 Å². The van der Waals surface area contributed by atoms with Gasteiger partial charge < -0.3 is 5.32 Å². The topological polar surface area (TPSA) is 37.3 Å². The highest BCUT2D eigenvalue weighted by atomic mass is 32.2. The van der Waals surface area contributed by atoms with Crippen molar-refractivity contribution in [2.24, 2.45) is 10.9 Å². The van der Waals surface area contributed by atoms with E-state index in [4.69, 9.17) is 0 Å². The Morgan fingerprint density at radius 2 is 2.38 bits per heavy atom. The molecule has 1 aromatic rings. The van der Waals surface area contributed by atoms with E-state index in [1.165, 1.54) is 4.88 Å². The van der Waals surface area contributed by atoms with Gasteiger partial charge in [0.1, 0.15) is 0 Å². The molecule has 2 rings (SSSR count). The van der Waals surface area contributed by atoms with Gasteiger partial charge in [0.15, 0.2) is 5.17 Å². The monoisotopic (exact) mass is 255 g/mol. The van der Waals surface area contributed by atoms with E-state index >= 15 is 0 Å². The molecule has 1 aromatic heterocycles. The fourth-order valence-electron chi connectivity index (χ4n) is 1.45. The fraction of sp³-hybridized carbons (Fsp3) is 0.636. The molecule has 0 spiro atoms. The van der Waals surface area contributed by atoms with Crippen molar-refractivity contribution in [1.29, 1.82) is 0 Å². The smallest absolute Gasteiger partial charge is 0.157 e. The number of nitrogens with one attached hydrogen (secondary N) is 1. The lowest BCUT2D eigenvalue weighted by atomic mass is 10.1. The number of amidine groups is 1. The predicted octanol–water partition coefficient (Wildman–Crippen LogP) is 2.67. The van der Waals surface area contributed by atoms with E-state index in [0.29, 0.717) is 6.04 Å².